The highest BCUT2D eigenvalue weighted by Gasteiger charge is 2.21. The van der Waals surface area contributed by atoms with E-state index in [0.29, 0.717) is 42.5 Å². The van der Waals surface area contributed by atoms with Crippen LogP contribution in [-0.4, -0.2) is 96.8 Å². The summed E-state index contributed by atoms with van der Waals surface area (Å²) in [5.74, 6) is 1.49. The molecule has 0 unspecified atom stereocenters. The molecule has 3 heterocycles. The average Bonchev–Trinajstić information content (AvgIpc) is 3.45. The van der Waals surface area contributed by atoms with Crippen molar-refractivity contribution in [3.8, 4) is 11.4 Å². The first-order valence-electron chi connectivity index (χ1n) is 14.6. The van der Waals surface area contributed by atoms with Gasteiger partial charge in [-0.25, -0.2) is 14.8 Å². The van der Waals surface area contributed by atoms with Crippen LogP contribution < -0.4 is 15.5 Å². The molecule has 2 aromatic carbocycles. The van der Waals surface area contributed by atoms with Crippen LogP contribution in [0.3, 0.4) is 0 Å². The Morgan fingerprint density at radius 2 is 1.51 bits per heavy atom. The van der Waals surface area contributed by atoms with Crippen molar-refractivity contribution < 1.29 is 14.3 Å². The lowest BCUT2D eigenvalue weighted by molar-refractivity contribution is 0.0786. The molecule has 0 bridgehead atoms. The predicted octanol–water partition coefficient (Wildman–Crippen LogP) is 4.79. The van der Waals surface area contributed by atoms with Gasteiger partial charge in [-0.3, -0.25) is 4.79 Å². The number of fused-ring (bicyclic) bond motifs is 1. The Kier molecular flexibility index (Phi) is 9.22. The van der Waals surface area contributed by atoms with E-state index in [9.17, 15) is 9.59 Å². The second kappa shape index (κ2) is 13.2. The van der Waals surface area contributed by atoms with E-state index in [1.54, 1.807) is 36.2 Å². The molecule has 0 saturated carbocycles. The Balaban J connectivity index is 1.26. The fraction of sp³-hybridized carbons (Fsp3) is 0.375. The van der Waals surface area contributed by atoms with Crippen LogP contribution in [0.5, 0.6) is 0 Å². The van der Waals surface area contributed by atoms with E-state index < -0.39 is 0 Å². The van der Waals surface area contributed by atoms with Gasteiger partial charge >= 0.3 is 6.03 Å². The van der Waals surface area contributed by atoms with Crippen molar-refractivity contribution in [3.05, 3.63) is 66.4 Å². The smallest absolute Gasteiger partial charge is 0.323 e. The Morgan fingerprint density at radius 1 is 0.884 bits per heavy atom. The van der Waals surface area contributed by atoms with E-state index in [1.165, 1.54) is 0 Å². The number of morpholine rings is 1. The Morgan fingerprint density at radius 3 is 2.12 bits per heavy atom. The Hall–Kier alpha value is -4.48. The first kappa shape index (κ1) is 30.0. The van der Waals surface area contributed by atoms with Gasteiger partial charge in [0.05, 0.1) is 18.6 Å². The van der Waals surface area contributed by atoms with Crippen molar-refractivity contribution in [1.82, 2.24) is 24.3 Å². The first-order chi connectivity index (χ1) is 20.7. The number of urea groups is 1. The molecule has 1 fully saturated rings. The van der Waals surface area contributed by atoms with Gasteiger partial charge in [0.15, 0.2) is 5.82 Å². The van der Waals surface area contributed by atoms with Gasteiger partial charge in [-0.1, -0.05) is 0 Å². The van der Waals surface area contributed by atoms with E-state index >= 15 is 0 Å². The van der Waals surface area contributed by atoms with Crippen LogP contribution in [0, 0.1) is 0 Å². The third kappa shape index (κ3) is 7.12. The molecule has 11 nitrogen and oxygen atoms in total. The molecule has 4 aromatic rings. The number of aromatic nitrogens is 3. The molecule has 1 aliphatic rings. The number of ether oxygens (including phenoxy) is 1. The predicted molar refractivity (Wildman–Crippen MR) is 171 cm³/mol. The Labute approximate surface area is 252 Å². The number of hydrogen-bond donors (Lipinski definition) is 2. The number of rotatable bonds is 9. The molecule has 2 N–H and O–H groups in total. The number of hydrogen-bond acceptors (Lipinski definition) is 7. The van der Waals surface area contributed by atoms with Crippen molar-refractivity contribution >= 4 is 40.2 Å². The molecule has 43 heavy (non-hydrogen) atoms. The molecule has 0 aliphatic carbocycles. The van der Waals surface area contributed by atoms with Crippen molar-refractivity contribution in [2.75, 3.05) is 76.1 Å². The minimum atomic E-state index is -0.378. The summed E-state index contributed by atoms with van der Waals surface area (Å²) in [4.78, 5) is 41.3. The Bertz CT molecular complexity index is 1560. The molecule has 11 heteroatoms. The summed E-state index contributed by atoms with van der Waals surface area (Å²) < 4.78 is 7.73. The summed E-state index contributed by atoms with van der Waals surface area (Å²) in [6, 6.07) is 16.4. The molecular formula is C32H40N8O3. The summed E-state index contributed by atoms with van der Waals surface area (Å²) in [5.41, 5.74) is 3.55. The van der Waals surface area contributed by atoms with Gasteiger partial charge in [0.1, 0.15) is 11.5 Å². The summed E-state index contributed by atoms with van der Waals surface area (Å²) in [5, 5.41) is 6.72. The largest absolute Gasteiger partial charge is 0.378 e. The minimum absolute atomic E-state index is 0.0597. The number of anilines is 3. The van der Waals surface area contributed by atoms with Gasteiger partial charge in [-0.15, -0.1) is 0 Å². The zero-order valence-corrected chi connectivity index (χ0v) is 25.5. The average molecular weight is 585 g/mol. The fourth-order valence-corrected chi connectivity index (χ4v) is 4.94. The molecule has 5 rings (SSSR count). The van der Waals surface area contributed by atoms with E-state index in [1.807, 2.05) is 43.3 Å². The number of nitrogens with zero attached hydrogens (tertiary/aromatic N) is 6. The highest BCUT2D eigenvalue weighted by molar-refractivity contribution is 6.00. The standard InChI is InChI=1S/C32H40N8O3/c1-22(2)40-15-14-27-29(39-18-20-43-21-19-39)35-28(36-30(27)40)23-6-10-25(11-7-23)33-32(42)34-26-12-8-24(9-13-26)31(41)38(5)17-16-37(3)4/h6-15,22H,16-21H2,1-5H3,(H2,33,34,42). The van der Waals surface area contributed by atoms with Crippen molar-refractivity contribution in [2.24, 2.45) is 0 Å². The monoisotopic (exact) mass is 584 g/mol. The molecule has 0 spiro atoms. The summed E-state index contributed by atoms with van der Waals surface area (Å²) in [6.07, 6.45) is 2.07. The highest BCUT2D eigenvalue weighted by Crippen LogP contribution is 2.31. The maximum atomic E-state index is 12.7. The topological polar surface area (TPSA) is 108 Å². The molecule has 226 valence electrons. The van der Waals surface area contributed by atoms with E-state index in [4.69, 9.17) is 14.7 Å². The van der Waals surface area contributed by atoms with Crippen LogP contribution in [0.25, 0.3) is 22.4 Å². The molecule has 3 amide bonds. The fourth-order valence-electron chi connectivity index (χ4n) is 4.94. The number of carbonyl (C=O) groups is 2. The lowest BCUT2D eigenvalue weighted by Crippen LogP contribution is -2.37. The SMILES string of the molecule is CC(C)n1ccc2c(N3CCOCC3)nc(-c3ccc(NC(=O)Nc4ccc(C(=O)N(C)CCN(C)C)cc4)cc3)nc21. The third-order valence-electron chi connectivity index (χ3n) is 7.44. The summed E-state index contributed by atoms with van der Waals surface area (Å²) in [7, 11) is 5.73. The molecule has 1 aliphatic heterocycles. The lowest BCUT2D eigenvalue weighted by atomic mass is 10.2. The number of benzene rings is 2. The van der Waals surface area contributed by atoms with Crippen molar-refractivity contribution in [3.63, 3.8) is 0 Å². The van der Waals surface area contributed by atoms with Crippen LogP contribution in [-0.2, 0) is 4.74 Å². The second-order valence-corrected chi connectivity index (χ2v) is 11.3. The van der Waals surface area contributed by atoms with Gasteiger partial charge in [-0.2, -0.15) is 0 Å². The summed E-state index contributed by atoms with van der Waals surface area (Å²) in [6.45, 7) is 8.60. The molecule has 1 saturated heterocycles. The van der Waals surface area contributed by atoms with Crippen molar-refractivity contribution in [2.45, 2.75) is 19.9 Å². The van der Waals surface area contributed by atoms with E-state index in [-0.39, 0.29) is 18.0 Å². The lowest BCUT2D eigenvalue weighted by Gasteiger charge is -2.28. The van der Waals surface area contributed by atoms with Gasteiger partial charge in [0.25, 0.3) is 5.91 Å². The number of nitrogens with one attached hydrogen (secondary N) is 2. The normalized spacial score (nSPS) is 13.5. The minimum Gasteiger partial charge on any atom is -0.378 e. The molecule has 0 radical (unpaired) electrons. The number of carbonyl (C=O) groups excluding carboxylic acids is 2. The number of amides is 3. The maximum Gasteiger partial charge on any atom is 0.323 e. The van der Waals surface area contributed by atoms with Crippen LogP contribution >= 0.6 is 0 Å². The zero-order valence-electron chi connectivity index (χ0n) is 25.5. The first-order valence-corrected chi connectivity index (χ1v) is 14.6. The van der Waals surface area contributed by atoms with Crippen LogP contribution in [0.2, 0.25) is 0 Å². The van der Waals surface area contributed by atoms with Crippen LogP contribution in [0.1, 0.15) is 30.2 Å². The maximum absolute atomic E-state index is 12.7. The van der Waals surface area contributed by atoms with E-state index in [0.717, 1.165) is 42.0 Å². The van der Waals surface area contributed by atoms with Crippen LogP contribution in [0.4, 0.5) is 22.0 Å². The van der Waals surface area contributed by atoms with Gasteiger partial charge in [0, 0.05) is 68.0 Å². The van der Waals surface area contributed by atoms with Gasteiger partial charge in [-0.05, 0) is 82.5 Å². The third-order valence-corrected chi connectivity index (χ3v) is 7.44. The molecule has 2 aromatic heterocycles. The number of likely N-dealkylation sites (N-methyl/N-ethyl adjacent to an activating group) is 2. The molecular weight excluding hydrogens is 544 g/mol. The molecule has 0 atom stereocenters. The summed E-state index contributed by atoms with van der Waals surface area (Å²) >= 11 is 0. The van der Waals surface area contributed by atoms with Gasteiger partial charge in [0.2, 0.25) is 0 Å². The van der Waals surface area contributed by atoms with E-state index in [2.05, 4.69) is 46.2 Å². The van der Waals surface area contributed by atoms with Gasteiger partial charge < -0.3 is 34.6 Å². The quantitative estimate of drug-likeness (QED) is 0.291. The zero-order chi connectivity index (χ0) is 30.5. The second-order valence-electron chi connectivity index (χ2n) is 11.3. The van der Waals surface area contributed by atoms with Crippen LogP contribution in [0.15, 0.2) is 60.8 Å². The highest BCUT2D eigenvalue weighted by atomic mass is 16.5. The van der Waals surface area contributed by atoms with Crippen molar-refractivity contribution in [1.29, 1.82) is 0 Å².